The van der Waals surface area contributed by atoms with Gasteiger partial charge in [-0.15, -0.1) is 0 Å². The van der Waals surface area contributed by atoms with Crippen molar-refractivity contribution in [2.24, 2.45) is 5.41 Å². The van der Waals surface area contributed by atoms with Gasteiger partial charge >= 0.3 is 74.8 Å². The minimum Gasteiger partial charge on any atom is -0.756 e. The Balaban J connectivity index is 0.00000812. The summed E-state index contributed by atoms with van der Waals surface area (Å²) in [6, 6.07) is 0. The monoisotopic (exact) mass is 911 g/mol. The number of hydrogen-bond donors (Lipinski definition) is 8. The number of hydrogen-bond acceptors (Lipinski definition) is 21. The molecule has 0 saturated carbocycles. The van der Waals surface area contributed by atoms with Crippen LogP contribution in [0.15, 0.2) is 12.7 Å². The molecular weight excluding hydrogens is 873 g/mol. The van der Waals surface area contributed by atoms with E-state index in [-0.39, 0.29) is 108 Å². The molecule has 1 aliphatic rings. The Morgan fingerprint density at radius 1 is 1.04 bits per heavy atom. The molecule has 0 spiro atoms. The molecule has 26 nitrogen and oxygen atoms in total. The van der Waals surface area contributed by atoms with Gasteiger partial charge in [0.2, 0.25) is 11.8 Å². The van der Waals surface area contributed by atoms with Gasteiger partial charge in [-0.2, -0.15) is 4.31 Å². The van der Waals surface area contributed by atoms with Gasteiger partial charge in [-0.25, -0.2) is 24.1 Å². The third-order valence-electron chi connectivity index (χ3n) is 7.29. The molecule has 310 valence electrons. The Morgan fingerprint density at radius 2 is 1.68 bits per heavy atom. The van der Waals surface area contributed by atoms with E-state index in [9.17, 15) is 67.8 Å². The number of aliphatic carboxylic acids is 1. The number of carboxylic acid groups (broad SMARTS) is 1. The molecule has 1 fully saturated rings. The van der Waals surface area contributed by atoms with Crippen LogP contribution in [-0.2, 0) is 55.5 Å². The molecule has 4 unspecified atom stereocenters. The van der Waals surface area contributed by atoms with Gasteiger partial charge in [-0.05, 0) is 6.42 Å². The van der Waals surface area contributed by atoms with E-state index in [1.165, 1.54) is 13.8 Å². The van der Waals surface area contributed by atoms with Gasteiger partial charge < -0.3 is 65.3 Å². The molecule has 0 bridgehead atoms. The van der Waals surface area contributed by atoms with E-state index in [1.807, 2.05) is 0 Å². The normalized spacial score (nSPS) is 21.8. The maximum Gasteiger partial charge on any atom is 1.00 e. The summed E-state index contributed by atoms with van der Waals surface area (Å²) in [4.78, 5) is 99.1. The van der Waals surface area contributed by atoms with Crippen molar-refractivity contribution >= 4 is 75.1 Å². The quantitative estimate of drug-likeness (QED) is 0.0309. The van der Waals surface area contributed by atoms with E-state index in [0.29, 0.717) is 0 Å². The number of carbonyl (C=O) groups is 4. The largest absolute Gasteiger partial charge is 1.00 e. The predicted octanol–water partition coefficient (Wildman–Crippen LogP) is -9.43. The van der Waals surface area contributed by atoms with Crippen LogP contribution in [0, 0.1) is 5.41 Å². The van der Waals surface area contributed by atoms with Crippen LogP contribution in [0.5, 0.6) is 0 Å². The Kier molecular flexibility index (Phi) is 22.1. The molecule has 32 heteroatoms. The first-order valence-electron chi connectivity index (χ1n) is 15.6. The molecule has 0 radical (unpaired) electrons. The first-order chi connectivity index (χ1) is 25.4. The number of anilines is 1. The Labute approximate surface area is 371 Å². The Hall–Kier alpha value is -0.970. The number of ether oxygens (including phenoxy) is 1. The molecule has 8 atom stereocenters. The number of rotatable bonds is 22. The molecular formula is C25H38N7Na2O19P3S. The minimum absolute atomic E-state index is 0. The summed E-state index contributed by atoms with van der Waals surface area (Å²) in [7, 11) is -16.7. The second kappa shape index (κ2) is 23.3. The van der Waals surface area contributed by atoms with Crippen LogP contribution in [-0.4, -0.2) is 124 Å². The van der Waals surface area contributed by atoms with E-state index < -0.39 is 102 Å². The maximum absolute atomic E-state index is 12.6. The first kappa shape index (κ1) is 54.0. The third kappa shape index (κ3) is 17.5. The zero-order valence-corrected chi connectivity index (χ0v) is 38.3. The van der Waals surface area contributed by atoms with Crippen LogP contribution in [0.25, 0.3) is 11.2 Å². The number of carboxylic acids is 1. The van der Waals surface area contributed by atoms with Crippen molar-refractivity contribution < 1.29 is 149 Å². The van der Waals surface area contributed by atoms with Crippen LogP contribution in [0.2, 0.25) is 0 Å². The number of nitrogens with two attached hydrogens (primary N) is 1. The summed E-state index contributed by atoms with van der Waals surface area (Å²) in [5.74, 6) is -2.82. The molecule has 2 aromatic heterocycles. The van der Waals surface area contributed by atoms with E-state index in [0.717, 1.165) is 29.0 Å². The topological polar surface area (TPSA) is 407 Å². The van der Waals surface area contributed by atoms with E-state index in [4.69, 9.17) is 15.0 Å². The summed E-state index contributed by atoms with van der Waals surface area (Å²) in [6.45, 7) is 0.127. The van der Waals surface area contributed by atoms with Gasteiger partial charge in [-0.1, -0.05) is 25.6 Å². The van der Waals surface area contributed by atoms with Crippen molar-refractivity contribution in [3.05, 3.63) is 12.7 Å². The number of phosphoric ester groups is 3. The van der Waals surface area contributed by atoms with Crippen LogP contribution in [0.1, 0.15) is 39.3 Å². The fourth-order valence-corrected chi connectivity index (χ4v) is 8.06. The number of amides is 2. The van der Waals surface area contributed by atoms with Crippen LogP contribution < -0.4 is 85.5 Å². The molecule has 0 aromatic carbocycles. The average Bonchev–Trinajstić information content (AvgIpc) is 3.63. The van der Waals surface area contributed by atoms with Gasteiger partial charge in [-0.3, -0.25) is 32.6 Å². The van der Waals surface area contributed by atoms with Crippen molar-refractivity contribution in [2.45, 2.75) is 63.8 Å². The average molecular weight is 912 g/mol. The molecule has 2 amide bonds. The Bertz CT molecular complexity index is 1860. The minimum atomic E-state index is -5.60. The number of nitrogens with zero attached hydrogens (tertiary/aromatic N) is 4. The smallest absolute Gasteiger partial charge is 0.756 e. The van der Waals surface area contributed by atoms with Crippen molar-refractivity contribution in [3.63, 3.8) is 0 Å². The van der Waals surface area contributed by atoms with Gasteiger partial charge in [0.25, 0.3) is 7.82 Å². The number of carbonyl (C=O) groups excluding carboxylic acids is 4. The van der Waals surface area contributed by atoms with Crippen molar-refractivity contribution in [1.29, 1.82) is 0 Å². The fraction of sp³-hybridized carbons (Fsp3) is 0.640. The summed E-state index contributed by atoms with van der Waals surface area (Å²) >= 11 is 0.819. The second-order valence-electron chi connectivity index (χ2n) is 12.1. The maximum atomic E-state index is 12.6. The number of thioether (sulfide) groups is 1. The van der Waals surface area contributed by atoms with Crippen LogP contribution in [0.4, 0.5) is 5.82 Å². The number of imidazole rings is 1. The molecule has 1 aliphatic heterocycles. The zero-order valence-electron chi connectivity index (χ0n) is 30.8. The van der Waals surface area contributed by atoms with Crippen molar-refractivity contribution in [1.82, 2.24) is 30.2 Å². The number of aliphatic hydroxyl groups excluding tert-OH is 2. The van der Waals surface area contributed by atoms with Crippen molar-refractivity contribution in [2.75, 3.05) is 37.8 Å². The zero-order chi connectivity index (χ0) is 41.4. The predicted molar refractivity (Wildman–Crippen MR) is 179 cm³/mol. The van der Waals surface area contributed by atoms with Gasteiger partial charge in [0, 0.05) is 43.1 Å². The first-order valence-corrected chi connectivity index (χ1v) is 21.1. The number of aromatic nitrogens is 4. The summed E-state index contributed by atoms with van der Waals surface area (Å²) in [5.41, 5.74) is 4.15. The van der Waals surface area contributed by atoms with E-state index in [2.05, 4.69) is 38.9 Å². The van der Waals surface area contributed by atoms with E-state index >= 15 is 0 Å². The van der Waals surface area contributed by atoms with E-state index in [1.54, 1.807) is 0 Å². The summed E-state index contributed by atoms with van der Waals surface area (Å²) < 4.78 is 61.5. The molecule has 3 rings (SSSR count). The van der Waals surface area contributed by atoms with Gasteiger partial charge in [0.15, 0.2) is 22.8 Å². The Morgan fingerprint density at radius 3 is 2.32 bits per heavy atom. The van der Waals surface area contributed by atoms with Crippen LogP contribution >= 0.6 is 35.2 Å². The fourth-order valence-electron chi connectivity index (χ4n) is 4.57. The number of nitrogen functional groups attached to an aromatic ring is 1. The summed E-state index contributed by atoms with van der Waals surface area (Å²) in [6.07, 6.45) is -7.95. The standard InChI is InChI=1S/C25H40N7O19P3S.2Na/c1-25(2,20(38)23(39)28-6-5-14(33)27-7-8-55-16(36)4-3-15(34)35)10-48-54(45,46)51-53(43,44)47-9-13-19(50-52(40,41)42)18(37)24(49-13)32-12-31-17-21(26)29-11-30-22(17)32;;/h11-13,18-20,24,37-38H,3-10H2,1-2H3,(H,27,33)(H,28,39)(H,34,35)(H,43,44)(H,45,46)(H2,26,29,30)(H2,40,41,42);;/q;2*+1/p-2/t13-,18-,19-,20?,24-;;/m1../s1. The summed E-state index contributed by atoms with van der Waals surface area (Å²) in [5, 5.41) is 36.1. The molecule has 0 aliphatic carbocycles. The molecule has 9 N–H and O–H groups in total. The number of phosphoric acid groups is 3. The second-order valence-corrected chi connectivity index (χ2v) is 17.5. The third-order valence-corrected chi connectivity index (χ3v) is 11.3. The molecule has 2 aromatic rings. The molecule has 3 heterocycles. The SMILES string of the molecule is CC(C)(COP(=O)(O)OP(=O)(O)OC[C@H]1O[C@@H](n2cnc3c(N)ncnc32)[C@H](O)[C@@H]1OP(=O)([O-])O)C(O)C(=O)NCCC(=O)NCCSC(=O)CCC(=O)[O-].[Na+].[Na+]. The number of nitrogens with one attached hydrogen (secondary N) is 2. The number of fused-ring (bicyclic) bond motifs is 1. The van der Waals surface area contributed by atoms with Crippen molar-refractivity contribution in [3.8, 4) is 0 Å². The molecule has 57 heavy (non-hydrogen) atoms. The van der Waals surface area contributed by atoms with Gasteiger partial charge in [0.1, 0.15) is 36.3 Å². The molecule has 1 saturated heterocycles. The number of aliphatic hydroxyl groups is 2. The van der Waals surface area contributed by atoms with Gasteiger partial charge in [0.05, 0.1) is 19.5 Å². The van der Waals surface area contributed by atoms with Crippen LogP contribution in [0.3, 0.4) is 0 Å².